The van der Waals surface area contributed by atoms with E-state index in [0.29, 0.717) is 14.4 Å². The van der Waals surface area contributed by atoms with Crippen LogP contribution in [0.25, 0.3) is 5.70 Å². The predicted octanol–water partition coefficient (Wildman–Crippen LogP) is 5.27. The molecule has 1 aliphatic rings. The third-order valence-corrected chi connectivity index (χ3v) is 7.58. The number of sulfonamides is 1. The molecular formula is C13H17Br2NO2S2. The first-order valence-corrected chi connectivity index (χ1v) is 10.6. The van der Waals surface area contributed by atoms with Gasteiger partial charge in [0.05, 0.1) is 13.3 Å². The summed E-state index contributed by atoms with van der Waals surface area (Å²) in [5.74, 6) is 0. The van der Waals surface area contributed by atoms with Crippen LogP contribution >= 0.6 is 43.2 Å². The van der Waals surface area contributed by atoms with E-state index in [-0.39, 0.29) is 0 Å². The number of halogens is 2. The van der Waals surface area contributed by atoms with Crippen molar-refractivity contribution >= 4 is 58.9 Å². The number of thiophene rings is 1. The van der Waals surface area contributed by atoms with E-state index in [4.69, 9.17) is 0 Å². The molecule has 0 aliphatic carbocycles. The molecule has 0 amide bonds. The third kappa shape index (κ3) is 3.48. The van der Waals surface area contributed by atoms with E-state index in [0.717, 1.165) is 22.2 Å². The van der Waals surface area contributed by atoms with E-state index in [9.17, 15) is 8.42 Å². The zero-order chi connectivity index (χ0) is 14.8. The lowest BCUT2D eigenvalue weighted by atomic mass is 10.1. The second kappa shape index (κ2) is 6.94. The van der Waals surface area contributed by atoms with Gasteiger partial charge in [0.15, 0.2) is 0 Å². The molecule has 2 heterocycles. The van der Waals surface area contributed by atoms with Crippen molar-refractivity contribution in [1.82, 2.24) is 4.72 Å². The average Bonchev–Trinajstić information content (AvgIpc) is 2.81. The van der Waals surface area contributed by atoms with Gasteiger partial charge in [0.1, 0.15) is 4.90 Å². The lowest BCUT2D eigenvalue weighted by molar-refractivity contribution is 0.594. The summed E-state index contributed by atoms with van der Waals surface area (Å²) in [5, 5.41) is 0. The molecule has 7 heteroatoms. The summed E-state index contributed by atoms with van der Waals surface area (Å²) in [7, 11) is -3.40. The van der Waals surface area contributed by atoms with Crippen molar-refractivity contribution in [2.75, 3.05) is 0 Å². The summed E-state index contributed by atoms with van der Waals surface area (Å²) in [6.45, 7) is 2.20. The molecule has 0 radical (unpaired) electrons. The van der Waals surface area contributed by atoms with E-state index >= 15 is 0 Å². The van der Waals surface area contributed by atoms with Crippen LogP contribution in [-0.2, 0) is 10.0 Å². The Morgan fingerprint density at radius 2 is 1.85 bits per heavy atom. The van der Waals surface area contributed by atoms with Crippen molar-refractivity contribution in [3.05, 3.63) is 19.2 Å². The molecule has 1 aliphatic heterocycles. The van der Waals surface area contributed by atoms with Gasteiger partial charge in [-0.2, -0.15) is 0 Å². The van der Waals surface area contributed by atoms with Crippen molar-refractivity contribution < 1.29 is 8.42 Å². The largest absolute Gasteiger partial charge is 0.279 e. The maximum atomic E-state index is 12.1. The zero-order valence-corrected chi connectivity index (χ0v) is 16.0. The van der Waals surface area contributed by atoms with Crippen LogP contribution in [0.5, 0.6) is 0 Å². The fraction of sp³-hybridized carbons (Fsp3) is 0.538. The first-order chi connectivity index (χ1) is 9.47. The molecule has 0 spiro atoms. The van der Waals surface area contributed by atoms with E-state index < -0.39 is 10.0 Å². The van der Waals surface area contributed by atoms with Crippen molar-refractivity contribution in [3.8, 4) is 0 Å². The van der Waals surface area contributed by atoms with Gasteiger partial charge in [-0.3, -0.25) is 4.72 Å². The molecule has 0 saturated heterocycles. The number of fused-ring (bicyclic) bond motifs is 1. The van der Waals surface area contributed by atoms with Crippen LogP contribution in [0.1, 0.15) is 51.0 Å². The first-order valence-electron chi connectivity index (χ1n) is 6.68. The van der Waals surface area contributed by atoms with Crippen molar-refractivity contribution in [1.29, 1.82) is 0 Å². The van der Waals surface area contributed by atoms with E-state index in [1.54, 1.807) is 0 Å². The fourth-order valence-corrected chi connectivity index (χ4v) is 7.67. The smallest absolute Gasteiger partial charge is 0.264 e. The van der Waals surface area contributed by atoms with Crippen LogP contribution in [0.15, 0.2) is 18.5 Å². The number of nitrogens with one attached hydrogen (secondary N) is 1. The Morgan fingerprint density at radius 1 is 1.15 bits per heavy atom. The molecule has 2 rings (SSSR count). The lowest BCUT2D eigenvalue weighted by Crippen LogP contribution is -2.13. The molecule has 3 nitrogen and oxygen atoms in total. The molecule has 0 fully saturated rings. The highest BCUT2D eigenvalue weighted by Gasteiger charge is 2.35. The Hall–Kier alpha value is 0.150. The minimum Gasteiger partial charge on any atom is -0.279 e. The molecule has 0 aromatic carbocycles. The third-order valence-electron chi connectivity index (χ3n) is 3.22. The van der Waals surface area contributed by atoms with Gasteiger partial charge in [-0.1, -0.05) is 38.7 Å². The minimum atomic E-state index is -3.40. The first kappa shape index (κ1) is 16.5. The van der Waals surface area contributed by atoms with Gasteiger partial charge in [-0.05, 0) is 44.7 Å². The monoisotopic (exact) mass is 441 g/mol. The Morgan fingerprint density at radius 3 is 2.55 bits per heavy atom. The topological polar surface area (TPSA) is 46.2 Å². The normalized spacial score (nSPS) is 18.2. The van der Waals surface area contributed by atoms with Crippen LogP contribution < -0.4 is 4.72 Å². The van der Waals surface area contributed by atoms with Gasteiger partial charge in [-0.25, -0.2) is 8.42 Å². The molecule has 1 N–H and O–H groups in total. The van der Waals surface area contributed by atoms with Gasteiger partial charge in [0, 0.05) is 5.56 Å². The SMILES string of the molecule is CCCCCCC/C=C1\NS(=O)(=O)c2c(Br)sc(Br)c21. The summed E-state index contributed by atoms with van der Waals surface area (Å²) in [5.41, 5.74) is 1.49. The predicted molar refractivity (Wildman–Crippen MR) is 91.4 cm³/mol. The molecule has 0 unspecified atom stereocenters. The molecule has 1 aromatic heterocycles. The molecule has 20 heavy (non-hydrogen) atoms. The molecule has 0 saturated carbocycles. The van der Waals surface area contributed by atoms with Crippen molar-refractivity contribution in [2.24, 2.45) is 0 Å². The van der Waals surface area contributed by atoms with Gasteiger partial charge in [-0.15, -0.1) is 11.3 Å². The average molecular weight is 443 g/mol. The number of hydrogen-bond donors (Lipinski definition) is 1. The van der Waals surface area contributed by atoms with Gasteiger partial charge in [0.25, 0.3) is 10.0 Å². The van der Waals surface area contributed by atoms with Crippen LogP contribution in [0, 0.1) is 0 Å². The highest BCUT2D eigenvalue weighted by atomic mass is 79.9. The summed E-state index contributed by atoms with van der Waals surface area (Å²) in [6.07, 6.45) is 8.97. The van der Waals surface area contributed by atoms with Crippen LogP contribution in [0.3, 0.4) is 0 Å². The Labute approximate surface area is 141 Å². The maximum absolute atomic E-state index is 12.1. The Kier molecular flexibility index (Phi) is 5.73. The summed E-state index contributed by atoms with van der Waals surface area (Å²) >= 11 is 8.17. The number of rotatable bonds is 6. The molecule has 0 bridgehead atoms. The molecule has 112 valence electrons. The second-order valence-corrected chi connectivity index (χ2v) is 10.1. The Balaban J connectivity index is 2.09. The molecular weight excluding hydrogens is 426 g/mol. The lowest BCUT2D eigenvalue weighted by Gasteiger charge is -2.01. The standard InChI is InChI=1S/C13H17Br2NO2S2/c1-2-3-4-5-6-7-8-9-10-11(20(17,18)16-9)13(15)19-12(10)14/h8,16H,2-7H2,1H3/b9-8-. The van der Waals surface area contributed by atoms with E-state index in [1.165, 1.54) is 37.0 Å². The summed E-state index contributed by atoms with van der Waals surface area (Å²) < 4.78 is 28.3. The number of unbranched alkanes of at least 4 members (excludes halogenated alkanes) is 5. The van der Waals surface area contributed by atoms with Gasteiger partial charge in [0.2, 0.25) is 0 Å². The minimum absolute atomic E-state index is 0.367. The zero-order valence-electron chi connectivity index (χ0n) is 11.2. The summed E-state index contributed by atoms with van der Waals surface area (Å²) in [4.78, 5) is 0.367. The van der Waals surface area contributed by atoms with Crippen LogP contribution in [0.4, 0.5) is 0 Å². The van der Waals surface area contributed by atoms with Gasteiger partial charge >= 0.3 is 0 Å². The quantitative estimate of drug-likeness (QED) is 0.610. The summed E-state index contributed by atoms with van der Waals surface area (Å²) in [6, 6.07) is 0. The highest BCUT2D eigenvalue weighted by Crippen LogP contribution is 2.46. The van der Waals surface area contributed by atoms with Gasteiger partial charge < -0.3 is 0 Å². The molecule has 0 atom stereocenters. The Bertz CT molecular complexity index is 621. The number of hydrogen-bond acceptors (Lipinski definition) is 3. The van der Waals surface area contributed by atoms with Crippen molar-refractivity contribution in [3.63, 3.8) is 0 Å². The van der Waals surface area contributed by atoms with E-state index in [2.05, 4.69) is 43.5 Å². The van der Waals surface area contributed by atoms with Crippen LogP contribution in [0.2, 0.25) is 0 Å². The maximum Gasteiger partial charge on any atom is 0.264 e. The number of allylic oxidation sites excluding steroid dienone is 1. The van der Waals surface area contributed by atoms with Crippen LogP contribution in [-0.4, -0.2) is 8.42 Å². The van der Waals surface area contributed by atoms with E-state index in [1.807, 2.05) is 6.08 Å². The molecule has 1 aromatic rings. The highest BCUT2D eigenvalue weighted by molar-refractivity contribution is 9.12. The van der Waals surface area contributed by atoms with Crippen molar-refractivity contribution in [2.45, 2.75) is 50.3 Å². The second-order valence-electron chi connectivity index (χ2n) is 4.78. The fourth-order valence-electron chi connectivity index (χ4n) is 2.22.